The number of nitrogens with zero attached hydrogens (tertiary/aromatic N) is 3. The number of amidine groups is 1. The zero-order valence-electron chi connectivity index (χ0n) is 15.6. The van der Waals surface area contributed by atoms with Crippen molar-refractivity contribution in [1.82, 2.24) is 9.80 Å². The number of thiophene rings is 1. The molecule has 3 aliphatic rings. The zero-order valence-corrected chi connectivity index (χ0v) is 17.2. The van der Waals surface area contributed by atoms with Gasteiger partial charge in [0.25, 0.3) is 15.9 Å². The highest BCUT2D eigenvalue weighted by Gasteiger charge is 2.34. The average molecular weight is 426 g/mol. The van der Waals surface area contributed by atoms with Crippen LogP contribution in [-0.4, -0.2) is 48.8 Å². The van der Waals surface area contributed by atoms with Crippen LogP contribution in [0.1, 0.15) is 22.0 Å². The number of carbonyl (C=O) groups is 1. The molecule has 0 bridgehead atoms. The predicted octanol–water partition coefficient (Wildman–Crippen LogP) is 2.72. The smallest absolute Gasteiger partial charge is 0.256 e. The van der Waals surface area contributed by atoms with Crippen molar-refractivity contribution in [3.63, 3.8) is 0 Å². The Kier molecular flexibility index (Phi) is 4.40. The van der Waals surface area contributed by atoms with Crippen LogP contribution < -0.4 is 0 Å². The van der Waals surface area contributed by atoms with Crippen LogP contribution >= 0.6 is 11.3 Å². The molecule has 0 saturated heterocycles. The third-order valence-corrected chi connectivity index (χ3v) is 7.57. The Labute approximate surface area is 173 Å². The molecular formula is C21H19N3O3S2. The molecule has 0 fully saturated rings. The molecular weight excluding hydrogens is 406 g/mol. The van der Waals surface area contributed by atoms with Gasteiger partial charge in [0.15, 0.2) is 0 Å². The molecule has 148 valence electrons. The van der Waals surface area contributed by atoms with E-state index in [1.807, 2.05) is 23.1 Å². The number of carbonyl (C=O) groups excluding carboxylic acids is 1. The summed E-state index contributed by atoms with van der Waals surface area (Å²) in [7, 11) is -3.41. The van der Waals surface area contributed by atoms with E-state index in [-0.39, 0.29) is 17.7 Å². The lowest BCUT2D eigenvalue weighted by atomic mass is 9.92. The first-order valence-corrected chi connectivity index (χ1v) is 11.9. The monoisotopic (exact) mass is 425 g/mol. The minimum Gasteiger partial charge on any atom is -0.330 e. The van der Waals surface area contributed by atoms with Gasteiger partial charge in [0, 0.05) is 24.2 Å². The Hall–Kier alpha value is -2.71. The molecule has 5 rings (SSSR count). The van der Waals surface area contributed by atoms with Crippen molar-refractivity contribution in [3.05, 3.63) is 81.7 Å². The molecule has 0 radical (unpaired) electrons. The third kappa shape index (κ3) is 3.32. The van der Waals surface area contributed by atoms with Gasteiger partial charge in [-0.2, -0.15) is 0 Å². The fraction of sp³-hybridized carbons (Fsp3) is 0.238. The molecule has 8 heteroatoms. The van der Waals surface area contributed by atoms with Gasteiger partial charge in [0.1, 0.15) is 5.84 Å². The standard InChI is InChI=1S/C21H19N3O3S2/c25-21(16-6-7-19-22-29(26,27)13-11-23(19)14-16)24-10-8-18-17(9-12-28-18)20(24)15-4-2-1-3-5-15/h1-7,9,12,14,20H,8,10-11,13H2/t20-/m1/s1. The average Bonchev–Trinajstić information content (AvgIpc) is 3.21. The normalized spacial score (nSPS) is 22.4. The van der Waals surface area contributed by atoms with Crippen LogP contribution in [0.25, 0.3) is 0 Å². The van der Waals surface area contributed by atoms with Gasteiger partial charge in [0.05, 0.1) is 17.4 Å². The van der Waals surface area contributed by atoms with Gasteiger partial charge >= 0.3 is 0 Å². The second kappa shape index (κ2) is 6.96. The first kappa shape index (κ1) is 18.3. The molecule has 2 aromatic rings. The summed E-state index contributed by atoms with van der Waals surface area (Å²) >= 11 is 1.74. The van der Waals surface area contributed by atoms with Crippen LogP contribution in [0.15, 0.2) is 70.1 Å². The van der Waals surface area contributed by atoms with Crippen molar-refractivity contribution in [2.24, 2.45) is 4.40 Å². The maximum Gasteiger partial charge on any atom is 0.256 e. The lowest BCUT2D eigenvalue weighted by molar-refractivity contribution is -0.128. The quantitative estimate of drug-likeness (QED) is 0.742. The SMILES string of the molecule is O=C(C1=CN2CCS(=O)(=O)N=C2C=C1)N1CCc2sccc2[C@H]1c1ccccc1. The number of hydrogen-bond acceptors (Lipinski definition) is 5. The molecule has 6 nitrogen and oxygen atoms in total. The van der Waals surface area contributed by atoms with Crippen LogP contribution in [0.4, 0.5) is 0 Å². The van der Waals surface area contributed by atoms with Crippen molar-refractivity contribution in [2.75, 3.05) is 18.8 Å². The van der Waals surface area contributed by atoms with E-state index in [2.05, 4.69) is 28.0 Å². The summed E-state index contributed by atoms with van der Waals surface area (Å²) in [6, 6.07) is 12.1. The van der Waals surface area contributed by atoms with E-state index in [0.29, 0.717) is 24.5 Å². The molecule has 0 spiro atoms. The minimum atomic E-state index is -3.41. The van der Waals surface area contributed by atoms with Crippen LogP contribution in [0, 0.1) is 0 Å². The van der Waals surface area contributed by atoms with E-state index in [0.717, 1.165) is 12.0 Å². The van der Waals surface area contributed by atoms with E-state index in [1.54, 1.807) is 34.6 Å². The lowest BCUT2D eigenvalue weighted by Crippen LogP contribution is -2.42. The fourth-order valence-corrected chi connectivity index (χ4v) is 5.90. The lowest BCUT2D eigenvalue weighted by Gasteiger charge is -2.37. The highest BCUT2D eigenvalue weighted by molar-refractivity contribution is 7.90. The molecule has 1 aromatic heterocycles. The number of benzene rings is 1. The Bertz CT molecular complexity index is 1160. The van der Waals surface area contributed by atoms with Crippen molar-refractivity contribution in [3.8, 4) is 0 Å². The number of sulfonamides is 1. The molecule has 1 aromatic carbocycles. The number of rotatable bonds is 2. The summed E-state index contributed by atoms with van der Waals surface area (Å²) in [5.41, 5.74) is 2.82. The molecule has 1 amide bonds. The highest BCUT2D eigenvalue weighted by Crippen LogP contribution is 2.38. The summed E-state index contributed by atoms with van der Waals surface area (Å²) in [6.07, 6.45) is 5.85. The topological polar surface area (TPSA) is 70.0 Å². The first-order valence-electron chi connectivity index (χ1n) is 9.43. The summed E-state index contributed by atoms with van der Waals surface area (Å²) in [6.45, 7) is 0.950. The third-order valence-electron chi connectivity index (χ3n) is 5.41. The van der Waals surface area contributed by atoms with Crippen LogP contribution in [0.5, 0.6) is 0 Å². The van der Waals surface area contributed by atoms with Crippen molar-refractivity contribution in [2.45, 2.75) is 12.5 Å². The van der Waals surface area contributed by atoms with Gasteiger partial charge < -0.3 is 9.80 Å². The largest absolute Gasteiger partial charge is 0.330 e. The fourth-order valence-electron chi connectivity index (χ4n) is 4.02. The van der Waals surface area contributed by atoms with E-state index in [9.17, 15) is 13.2 Å². The van der Waals surface area contributed by atoms with E-state index >= 15 is 0 Å². The Morgan fingerprint density at radius 3 is 2.76 bits per heavy atom. The first-order chi connectivity index (χ1) is 14.0. The molecule has 29 heavy (non-hydrogen) atoms. The van der Waals surface area contributed by atoms with Crippen molar-refractivity contribution >= 4 is 33.1 Å². The molecule has 3 aliphatic heterocycles. The molecule has 4 heterocycles. The second-order valence-corrected chi connectivity index (χ2v) is 9.96. The highest BCUT2D eigenvalue weighted by atomic mass is 32.2. The number of amides is 1. The summed E-state index contributed by atoms with van der Waals surface area (Å²) in [4.78, 5) is 18.5. The van der Waals surface area contributed by atoms with Gasteiger partial charge in [-0.3, -0.25) is 4.79 Å². The van der Waals surface area contributed by atoms with Crippen molar-refractivity contribution < 1.29 is 13.2 Å². The minimum absolute atomic E-state index is 0.0447. The molecule has 0 saturated carbocycles. The zero-order chi connectivity index (χ0) is 20.0. The Morgan fingerprint density at radius 1 is 1.10 bits per heavy atom. The Morgan fingerprint density at radius 2 is 1.93 bits per heavy atom. The molecule has 0 aliphatic carbocycles. The van der Waals surface area contributed by atoms with E-state index < -0.39 is 10.0 Å². The number of fused-ring (bicyclic) bond motifs is 2. The van der Waals surface area contributed by atoms with Gasteiger partial charge in [0.2, 0.25) is 0 Å². The van der Waals surface area contributed by atoms with Crippen LogP contribution in [-0.2, 0) is 21.2 Å². The Balaban J connectivity index is 1.50. The summed E-state index contributed by atoms with van der Waals surface area (Å²) < 4.78 is 27.2. The second-order valence-electron chi connectivity index (χ2n) is 7.21. The summed E-state index contributed by atoms with van der Waals surface area (Å²) in [5, 5.41) is 2.09. The molecule has 1 atom stereocenters. The maximum atomic E-state index is 13.5. The van der Waals surface area contributed by atoms with E-state index in [4.69, 9.17) is 0 Å². The van der Waals surface area contributed by atoms with Crippen molar-refractivity contribution in [1.29, 1.82) is 0 Å². The van der Waals surface area contributed by atoms with Gasteiger partial charge in [-0.05, 0) is 41.1 Å². The van der Waals surface area contributed by atoms with Gasteiger partial charge in [-0.25, -0.2) is 8.42 Å². The molecule has 0 unspecified atom stereocenters. The molecule has 0 N–H and O–H groups in total. The summed E-state index contributed by atoms with van der Waals surface area (Å²) in [5.74, 6) is 0.266. The number of hydrogen-bond donors (Lipinski definition) is 0. The van der Waals surface area contributed by atoms with Gasteiger partial charge in [-0.1, -0.05) is 30.3 Å². The van der Waals surface area contributed by atoms with Gasteiger partial charge in [-0.15, -0.1) is 15.7 Å². The van der Waals surface area contributed by atoms with Crippen LogP contribution in [0.3, 0.4) is 0 Å². The van der Waals surface area contributed by atoms with Crippen LogP contribution in [0.2, 0.25) is 0 Å². The maximum absolute atomic E-state index is 13.5. The van der Waals surface area contributed by atoms with E-state index in [1.165, 1.54) is 10.4 Å². The predicted molar refractivity (Wildman–Crippen MR) is 113 cm³/mol.